The van der Waals surface area contributed by atoms with Crippen LogP contribution in [0.1, 0.15) is 0 Å². The Bertz CT molecular complexity index is 316. The number of esters is 1. The topological polar surface area (TPSA) is 58.9 Å². The predicted octanol–water partition coefficient (Wildman–Crippen LogP) is 1.27. The smallest absolute Gasteiger partial charge is 0.349 e. The Morgan fingerprint density at radius 3 is 2.62 bits per heavy atom. The molecule has 1 N–H and O–H groups in total. The van der Waals surface area contributed by atoms with E-state index in [4.69, 9.17) is 5.11 Å². The van der Waals surface area contributed by atoms with Gasteiger partial charge in [-0.2, -0.15) is 0 Å². The molecule has 0 saturated carbocycles. The van der Waals surface area contributed by atoms with Gasteiger partial charge in [0.1, 0.15) is 12.0 Å². The lowest BCUT2D eigenvalue weighted by Crippen LogP contribution is -1.99. The van der Waals surface area contributed by atoms with E-state index in [0.29, 0.717) is 5.69 Å². The van der Waals surface area contributed by atoms with Gasteiger partial charge in [0.25, 0.3) is 0 Å². The highest BCUT2D eigenvalue weighted by Gasteiger charge is 1.93. The second-order valence-corrected chi connectivity index (χ2v) is 2.30. The molecule has 0 aromatic heterocycles. The molecule has 0 radical (unpaired) electrons. The summed E-state index contributed by atoms with van der Waals surface area (Å²) in [5, 5.41) is 8.94. The number of phenolic OH excluding ortho intramolecular Hbond substituents is 1. The lowest BCUT2D eigenvalue weighted by molar-refractivity contribution is -0.132. The molecular formula is C9H9NO3. The van der Waals surface area contributed by atoms with E-state index >= 15 is 0 Å². The van der Waals surface area contributed by atoms with Crippen LogP contribution >= 0.6 is 0 Å². The van der Waals surface area contributed by atoms with Crippen molar-refractivity contribution >= 4 is 17.9 Å². The molecule has 0 aliphatic carbocycles. The molecule has 0 fully saturated rings. The fourth-order valence-corrected chi connectivity index (χ4v) is 0.719. The first-order valence-electron chi connectivity index (χ1n) is 3.63. The van der Waals surface area contributed by atoms with Crippen molar-refractivity contribution in [2.45, 2.75) is 0 Å². The minimum atomic E-state index is -0.506. The van der Waals surface area contributed by atoms with Gasteiger partial charge in [0.15, 0.2) is 0 Å². The lowest BCUT2D eigenvalue weighted by Gasteiger charge is -1.93. The van der Waals surface area contributed by atoms with Crippen LogP contribution in [-0.4, -0.2) is 24.4 Å². The van der Waals surface area contributed by atoms with E-state index in [0.717, 1.165) is 6.21 Å². The summed E-state index contributed by atoms with van der Waals surface area (Å²) in [5.41, 5.74) is 0.586. The second-order valence-electron chi connectivity index (χ2n) is 2.30. The number of rotatable bonds is 2. The van der Waals surface area contributed by atoms with Crippen LogP contribution in [0.25, 0.3) is 0 Å². The quantitative estimate of drug-likeness (QED) is 0.549. The molecule has 68 valence electrons. The molecule has 0 atom stereocenters. The molecule has 0 spiro atoms. The maximum Gasteiger partial charge on any atom is 0.349 e. The summed E-state index contributed by atoms with van der Waals surface area (Å²) in [6.07, 6.45) is 1.08. The van der Waals surface area contributed by atoms with Gasteiger partial charge in [-0.1, -0.05) is 0 Å². The fraction of sp³-hybridized carbons (Fsp3) is 0.111. The maximum absolute atomic E-state index is 10.6. The normalized spacial score (nSPS) is 10.2. The summed E-state index contributed by atoms with van der Waals surface area (Å²) in [6.45, 7) is 0. The molecule has 0 aliphatic rings. The van der Waals surface area contributed by atoms with E-state index in [1.165, 1.54) is 19.2 Å². The molecule has 0 unspecified atom stereocenters. The first-order chi connectivity index (χ1) is 6.22. The summed E-state index contributed by atoms with van der Waals surface area (Å²) in [4.78, 5) is 14.4. The van der Waals surface area contributed by atoms with Gasteiger partial charge in [-0.15, -0.1) is 0 Å². The van der Waals surface area contributed by atoms with Gasteiger partial charge in [-0.25, -0.2) is 9.79 Å². The van der Waals surface area contributed by atoms with Crippen molar-refractivity contribution in [1.82, 2.24) is 0 Å². The molecule has 0 bridgehead atoms. The lowest BCUT2D eigenvalue weighted by atomic mass is 10.3. The molecule has 0 amide bonds. The number of hydrogen-bond acceptors (Lipinski definition) is 4. The third kappa shape index (κ3) is 2.94. The molecule has 1 rings (SSSR count). The Hall–Kier alpha value is -1.84. The van der Waals surface area contributed by atoms with Crippen molar-refractivity contribution in [3.63, 3.8) is 0 Å². The number of ether oxygens (including phenoxy) is 1. The number of methoxy groups -OCH3 is 1. The van der Waals surface area contributed by atoms with E-state index in [1.807, 2.05) is 0 Å². The van der Waals surface area contributed by atoms with Gasteiger partial charge in [0.05, 0.1) is 12.8 Å². The first-order valence-corrected chi connectivity index (χ1v) is 3.63. The summed E-state index contributed by atoms with van der Waals surface area (Å²) < 4.78 is 4.36. The average molecular weight is 179 g/mol. The van der Waals surface area contributed by atoms with Crippen molar-refractivity contribution in [1.29, 1.82) is 0 Å². The number of benzene rings is 1. The van der Waals surface area contributed by atoms with Gasteiger partial charge in [0.2, 0.25) is 0 Å². The molecular weight excluding hydrogens is 170 g/mol. The Balaban J connectivity index is 2.69. The molecule has 1 aromatic carbocycles. The molecule has 13 heavy (non-hydrogen) atoms. The number of aliphatic imine (C=N–C) groups is 1. The number of carbonyl (C=O) groups excluding carboxylic acids is 1. The summed E-state index contributed by atoms with van der Waals surface area (Å²) >= 11 is 0. The van der Waals surface area contributed by atoms with Gasteiger partial charge in [0, 0.05) is 0 Å². The third-order valence-electron chi connectivity index (χ3n) is 1.37. The number of hydrogen-bond donors (Lipinski definition) is 1. The summed E-state index contributed by atoms with van der Waals surface area (Å²) in [5.74, 6) is -0.343. The third-order valence-corrected chi connectivity index (χ3v) is 1.37. The van der Waals surface area contributed by atoms with Crippen LogP contribution in [-0.2, 0) is 9.53 Å². The van der Waals surface area contributed by atoms with Crippen LogP contribution in [0.4, 0.5) is 5.69 Å². The largest absolute Gasteiger partial charge is 0.508 e. The minimum Gasteiger partial charge on any atom is -0.508 e. The maximum atomic E-state index is 10.6. The molecule has 0 aliphatic heterocycles. The van der Waals surface area contributed by atoms with Crippen LogP contribution in [0.5, 0.6) is 5.75 Å². The zero-order valence-corrected chi connectivity index (χ0v) is 7.10. The Morgan fingerprint density at radius 1 is 1.46 bits per heavy atom. The van der Waals surface area contributed by atoms with Crippen molar-refractivity contribution < 1.29 is 14.6 Å². The number of nitrogens with zero attached hydrogens (tertiary/aromatic N) is 1. The highest BCUT2D eigenvalue weighted by atomic mass is 16.5. The zero-order valence-electron chi connectivity index (χ0n) is 7.10. The molecule has 1 aromatic rings. The summed E-state index contributed by atoms with van der Waals surface area (Å²) in [7, 11) is 1.28. The highest BCUT2D eigenvalue weighted by molar-refractivity contribution is 6.23. The van der Waals surface area contributed by atoms with Crippen LogP contribution in [0.15, 0.2) is 29.3 Å². The van der Waals surface area contributed by atoms with Crippen LogP contribution < -0.4 is 0 Å². The SMILES string of the molecule is COC(=O)C=Nc1ccc(O)cc1. The minimum absolute atomic E-state index is 0.164. The first kappa shape index (κ1) is 9.25. The van der Waals surface area contributed by atoms with Gasteiger partial charge in [-0.05, 0) is 24.3 Å². The average Bonchev–Trinajstić information content (AvgIpc) is 2.16. The number of phenols is 1. The molecule has 4 heteroatoms. The van der Waals surface area contributed by atoms with Gasteiger partial charge in [-0.3, -0.25) is 0 Å². The van der Waals surface area contributed by atoms with Gasteiger partial charge >= 0.3 is 5.97 Å². The van der Waals surface area contributed by atoms with Crippen molar-refractivity contribution in [2.24, 2.45) is 4.99 Å². The number of aromatic hydroxyl groups is 1. The standard InChI is InChI=1S/C9H9NO3/c1-13-9(12)6-10-7-2-4-8(11)5-3-7/h2-6,11H,1H3. The van der Waals surface area contributed by atoms with E-state index in [-0.39, 0.29) is 5.75 Å². The fourth-order valence-electron chi connectivity index (χ4n) is 0.719. The van der Waals surface area contributed by atoms with Gasteiger partial charge < -0.3 is 9.84 Å². The molecule has 4 nitrogen and oxygen atoms in total. The van der Waals surface area contributed by atoms with Crippen LogP contribution in [0.3, 0.4) is 0 Å². The highest BCUT2D eigenvalue weighted by Crippen LogP contribution is 2.15. The Morgan fingerprint density at radius 2 is 2.08 bits per heavy atom. The number of carbonyl (C=O) groups is 1. The van der Waals surface area contributed by atoms with E-state index in [2.05, 4.69) is 9.73 Å². The van der Waals surface area contributed by atoms with Crippen molar-refractivity contribution in [3.05, 3.63) is 24.3 Å². The van der Waals surface area contributed by atoms with Crippen molar-refractivity contribution in [3.8, 4) is 5.75 Å². The van der Waals surface area contributed by atoms with E-state index < -0.39 is 5.97 Å². The zero-order chi connectivity index (χ0) is 9.68. The van der Waals surface area contributed by atoms with E-state index in [9.17, 15) is 4.79 Å². The van der Waals surface area contributed by atoms with Crippen LogP contribution in [0.2, 0.25) is 0 Å². The monoisotopic (exact) mass is 179 g/mol. The van der Waals surface area contributed by atoms with E-state index in [1.54, 1.807) is 12.1 Å². The second kappa shape index (κ2) is 4.25. The Labute approximate surface area is 75.5 Å². The predicted molar refractivity (Wildman–Crippen MR) is 48.3 cm³/mol. The van der Waals surface area contributed by atoms with Crippen LogP contribution in [0, 0.1) is 0 Å². The molecule has 0 heterocycles. The summed E-state index contributed by atoms with van der Waals surface area (Å²) in [6, 6.07) is 6.16. The van der Waals surface area contributed by atoms with Crippen molar-refractivity contribution in [2.75, 3.05) is 7.11 Å². The molecule has 0 saturated heterocycles. The Kier molecular flexibility index (Phi) is 3.03.